The predicted octanol–water partition coefficient (Wildman–Crippen LogP) is 1.73. The molecule has 1 fully saturated rings. The van der Waals surface area contributed by atoms with E-state index in [0.717, 1.165) is 19.3 Å². The first kappa shape index (κ1) is 14.6. The van der Waals surface area contributed by atoms with Crippen LogP contribution in [0.1, 0.15) is 26.2 Å². The van der Waals surface area contributed by atoms with Gasteiger partial charge in [-0.05, 0) is 12.8 Å². The quantitative estimate of drug-likeness (QED) is 0.522. The van der Waals surface area contributed by atoms with Crippen molar-refractivity contribution in [3.05, 3.63) is 12.7 Å². The highest BCUT2D eigenvalue weighted by molar-refractivity contribution is 4.97. The molecule has 0 amide bonds. The summed E-state index contributed by atoms with van der Waals surface area (Å²) in [6, 6.07) is 0. The Kier molecular flexibility index (Phi) is 6.12. The number of methoxy groups -OCH3 is 1. The van der Waals surface area contributed by atoms with Gasteiger partial charge >= 0.3 is 0 Å². The molecule has 1 N–H and O–H groups in total. The van der Waals surface area contributed by atoms with Crippen LogP contribution in [0.15, 0.2) is 12.7 Å². The molecule has 0 heterocycles. The van der Waals surface area contributed by atoms with Crippen LogP contribution in [0.2, 0.25) is 0 Å². The second-order valence-electron chi connectivity index (χ2n) is 4.62. The van der Waals surface area contributed by atoms with Gasteiger partial charge in [-0.15, -0.1) is 6.58 Å². The maximum Gasteiger partial charge on any atom is 0.146 e. The second-order valence-corrected chi connectivity index (χ2v) is 4.62. The molecule has 0 radical (unpaired) electrons. The summed E-state index contributed by atoms with van der Waals surface area (Å²) in [6.07, 6.45) is 4.42. The zero-order chi connectivity index (χ0) is 12.7. The number of rotatable bonds is 8. The van der Waals surface area contributed by atoms with Crippen LogP contribution in [-0.2, 0) is 14.2 Å². The van der Waals surface area contributed by atoms with Gasteiger partial charge in [0, 0.05) is 18.9 Å². The SMILES string of the molecule is C=CCO[C@H]1C[C@H](OCOC)[C@](CC)(CO)C1. The predicted molar refractivity (Wildman–Crippen MR) is 65.7 cm³/mol. The molecule has 1 aliphatic rings. The fraction of sp³-hybridized carbons (Fsp3) is 0.846. The lowest BCUT2D eigenvalue weighted by atomic mass is 9.82. The first-order valence-electron chi connectivity index (χ1n) is 6.16. The Bertz CT molecular complexity index is 225. The van der Waals surface area contributed by atoms with Gasteiger partial charge < -0.3 is 19.3 Å². The van der Waals surface area contributed by atoms with Crippen molar-refractivity contribution in [1.29, 1.82) is 0 Å². The molecule has 0 aromatic rings. The molecule has 0 saturated heterocycles. The molecule has 0 unspecified atom stereocenters. The van der Waals surface area contributed by atoms with Crippen molar-refractivity contribution in [3.8, 4) is 0 Å². The highest BCUT2D eigenvalue weighted by Crippen LogP contribution is 2.44. The fourth-order valence-corrected chi connectivity index (χ4v) is 2.53. The van der Waals surface area contributed by atoms with Crippen LogP contribution >= 0.6 is 0 Å². The van der Waals surface area contributed by atoms with Gasteiger partial charge in [0.05, 0.1) is 25.4 Å². The van der Waals surface area contributed by atoms with E-state index in [1.54, 1.807) is 13.2 Å². The maximum absolute atomic E-state index is 9.63. The molecule has 0 aromatic carbocycles. The van der Waals surface area contributed by atoms with Crippen molar-refractivity contribution in [2.75, 3.05) is 27.1 Å². The van der Waals surface area contributed by atoms with E-state index < -0.39 is 0 Å². The monoisotopic (exact) mass is 244 g/mol. The molecule has 4 nitrogen and oxygen atoms in total. The minimum atomic E-state index is -0.190. The molecule has 17 heavy (non-hydrogen) atoms. The van der Waals surface area contributed by atoms with Gasteiger partial charge in [-0.3, -0.25) is 0 Å². The van der Waals surface area contributed by atoms with Gasteiger partial charge in [0.25, 0.3) is 0 Å². The van der Waals surface area contributed by atoms with Crippen molar-refractivity contribution < 1.29 is 19.3 Å². The van der Waals surface area contributed by atoms with Crippen LogP contribution in [0.5, 0.6) is 0 Å². The summed E-state index contributed by atoms with van der Waals surface area (Å²) in [5, 5.41) is 9.63. The smallest absolute Gasteiger partial charge is 0.146 e. The molecule has 0 spiro atoms. The van der Waals surface area contributed by atoms with Gasteiger partial charge in [0.2, 0.25) is 0 Å². The van der Waals surface area contributed by atoms with Crippen LogP contribution in [-0.4, -0.2) is 44.4 Å². The summed E-state index contributed by atoms with van der Waals surface area (Å²) in [7, 11) is 1.60. The summed E-state index contributed by atoms with van der Waals surface area (Å²) < 4.78 is 16.3. The van der Waals surface area contributed by atoms with Crippen LogP contribution in [0.4, 0.5) is 0 Å². The standard InChI is InChI=1S/C13H24O4/c1-4-6-16-11-7-12(17-10-15-3)13(5-2,8-11)9-14/h4,11-12,14H,1,5-10H2,2-3H3/t11-,12-,13-/m0/s1. The highest BCUT2D eigenvalue weighted by Gasteiger charge is 2.47. The third kappa shape index (κ3) is 3.52. The zero-order valence-corrected chi connectivity index (χ0v) is 10.9. The van der Waals surface area contributed by atoms with Gasteiger partial charge in [-0.25, -0.2) is 0 Å². The van der Waals surface area contributed by atoms with E-state index >= 15 is 0 Å². The van der Waals surface area contributed by atoms with Gasteiger partial charge in [0.15, 0.2) is 0 Å². The molecule has 1 aliphatic carbocycles. The zero-order valence-electron chi connectivity index (χ0n) is 10.9. The molecule has 4 heteroatoms. The third-order valence-electron chi connectivity index (χ3n) is 3.65. The van der Waals surface area contributed by atoms with E-state index in [2.05, 4.69) is 13.5 Å². The molecular weight excluding hydrogens is 220 g/mol. The second kappa shape index (κ2) is 7.11. The highest BCUT2D eigenvalue weighted by atomic mass is 16.7. The van der Waals surface area contributed by atoms with Crippen molar-refractivity contribution in [3.63, 3.8) is 0 Å². The number of hydrogen-bond acceptors (Lipinski definition) is 4. The fourth-order valence-electron chi connectivity index (χ4n) is 2.53. The van der Waals surface area contributed by atoms with Gasteiger partial charge in [-0.1, -0.05) is 13.0 Å². The minimum absolute atomic E-state index is 0.00673. The van der Waals surface area contributed by atoms with Gasteiger partial charge in [-0.2, -0.15) is 0 Å². The first-order chi connectivity index (χ1) is 8.22. The number of aliphatic hydroxyl groups excluding tert-OH is 1. The van der Waals surface area contributed by atoms with E-state index in [4.69, 9.17) is 14.2 Å². The average molecular weight is 244 g/mol. The normalized spacial score (nSPS) is 32.9. The van der Waals surface area contributed by atoms with E-state index in [-0.39, 0.29) is 31.0 Å². The minimum Gasteiger partial charge on any atom is -0.396 e. The Morgan fingerprint density at radius 3 is 2.76 bits per heavy atom. The van der Waals surface area contributed by atoms with Crippen molar-refractivity contribution in [1.82, 2.24) is 0 Å². The summed E-state index contributed by atoms with van der Waals surface area (Å²) in [5.74, 6) is 0. The Hall–Kier alpha value is -0.420. The molecule has 1 rings (SSSR count). The summed E-state index contributed by atoms with van der Waals surface area (Å²) in [6.45, 7) is 6.66. The van der Waals surface area contributed by atoms with Crippen LogP contribution in [0.3, 0.4) is 0 Å². The van der Waals surface area contributed by atoms with E-state index in [0.29, 0.717) is 6.61 Å². The molecule has 0 aromatic heterocycles. The Balaban J connectivity index is 2.60. The Morgan fingerprint density at radius 1 is 1.47 bits per heavy atom. The van der Waals surface area contributed by atoms with Crippen molar-refractivity contribution in [2.45, 2.75) is 38.4 Å². The van der Waals surface area contributed by atoms with Crippen molar-refractivity contribution >= 4 is 0 Å². The van der Waals surface area contributed by atoms with Crippen LogP contribution in [0, 0.1) is 5.41 Å². The van der Waals surface area contributed by atoms with Crippen LogP contribution in [0.25, 0.3) is 0 Å². The molecular formula is C13H24O4. The maximum atomic E-state index is 9.63. The number of ether oxygens (including phenoxy) is 3. The van der Waals surface area contributed by atoms with Crippen LogP contribution < -0.4 is 0 Å². The summed E-state index contributed by atoms with van der Waals surface area (Å²) in [4.78, 5) is 0. The number of aliphatic hydroxyl groups is 1. The Labute approximate surface area is 104 Å². The molecule has 0 aliphatic heterocycles. The lowest BCUT2D eigenvalue weighted by molar-refractivity contribution is -0.119. The lowest BCUT2D eigenvalue weighted by Crippen LogP contribution is -2.35. The molecule has 1 saturated carbocycles. The number of hydrogen-bond donors (Lipinski definition) is 1. The average Bonchev–Trinajstić information content (AvgIpc) is 2.72. The van der Waals surface area contributed by atoms with E-state index in [9.17, 15) is 5.11 Å². The summed E-state index contributed by atoms with van der Waals surface area (Å²) >= 11 is 0. The van der Waals surface area contributed by atoms with E-state index in [1.807, 2.05) is 0 Å². The molecule has 3 atom stereocenters. The third-order valence-corrected chi connectivity index (χ3v) is 3.65. The van der Waals surface area contributed by atoms with Gasteiger partial charge in [0.1, 0.15) is 6.79 Å². The Morgan fingerprint density at radius 2 is 2.24 bits per heavy atom. The summed E-state index contributed by atoms with van der Waals surface area (Å²) in [5.41, 5.74) is -0.190. The lowest BCUT2D eigenvalue weighted by Gasteiger charge is -2.31. The van der Waals surface area contributed by atoms with E-state index in [1.165, 1.54) is 0 Å². The van der Waals surface area contributed by atoms with Crippen molar-refractivity contribution in [2.24, 2.45) is 5.41 Å². The molecule has 100 valence electrons. The largest absolute Gasteiger partial charge is 0.396 e. The first-order valence-corrected chi connectivity index (χ1v) is 6.16. The topological polar surface area (TPSA) is 47.9 Å². The molecule has 0 bridgehead atoms.